The van der Waals surface area contributed by atoms with Gasteiger partial charge in [0.1, 0.15) is 6.04 Å². The molecule has 3 N–H and O–H groups in total. The first-order valence-corrected chi connectivity index (χ1v) is 7.16. The number of carbonyl (C=O) groups excluding carboxylic acids is 1. The molecule has 1 aromatic rings. The maximum atomic E-state index is 12.2. The molecule has 6 heteroatoms. The van der Waals surface area contributed by atoms with Crippen molar-refractivity contribution in [2.75, 3.05) is 31.2 Å². The number of likely N-dealkylation sites (N-methyl/N-ethyl adjacent to an activating group) is 1. The van der Waals surface area contributed by atoms with Gasteiger partial charge >= 0.3 is 0 Å². The lowest BCUT2D eigenvalue weighted by molar-refractivity contribution is -0.124. The van der Waals surface area contributed by atoms with Gasteiger partial charge in [0.25, 0.3) is 0 Å². The van der Waals surface area contributed by atoms with Gasteiger partial charge in [0.05, 0.1) is 23.9 Å². The molecule has 0 aromatic heterocycles. The highest BCUT2D eigenvalue weighted by atomic mass is 35.5. The first kappa shape index (κ1) is 15.1. The van der Waals surface area contributed by atoms with E-state index in [0.29, 0.717) is 37.9 Å². The van der Waals surface area contributed by atoms with E-state index in [-0.39, 0.29) is 11.9 Å². The maximum Gasteiger partial charge on any atom is 0.245 e. The van der Waals surface area contributed by atoms with Gasteiger partial charge in [0.2, 0.25) is 5.91 Å². The van der Waals surface area contributed by atoms with E-state index >= 15 is 0 Å². The van der Waals surface area contributed by atoms with Crippen LogP contribution in [-0.4, -0.2) is 38.3 Å². The van der Waals surface area contributed by atoms with E-state index in [1.165, 1.54) is 0 Å². The molecule has 1 atom stereocenters. The van der Waals surface area contributed by atoms with E-state index in [1.54, 1.807) is 0 Å². The molecule has 2 rings (SSSR count). The van der Waals surface area contributed by atoms with Gasteiger partial charge in [-0.05, 0) is 18.6 Å². The first-order chi connectivity index (χ1) is 9.69. The zero-order chi connectivity index (χ0) is 14.5. The molecule has 0 spiro atoms. The number of nitrogens with two attached hydrogens (primary N) is 1. The molecule has 1 aromatic carbocycles. The van der Waals surface area contributed by atoms with Crippen molar-refractivity contribution in [2.45, 2.75) is 19.5 Å². The predicted molar refractivity (Wildman–Crippen MR) is 80.0 cm³/mol. The zero-order valence-electron chi connectivity index (χ0n) is 11.6. The number of morpholine rings is 1. The fourth-order valence-electron chi connectivity index (χ4n) is 2.43. The third kappa shape index (κ3) is 3.06. The molecule has 5 nitrogen and oxygen atoms in total. The number of hydrogen-bond donors (Lipinski definition) is 2. The molecule has 1 amide bonds. The van der Waals surface area contributed by atoms with Crippen LogP contribution in [-0.2, 0) is 16.1 Å². The predicted octanol–water partition coefficient (Wildman–Crippen LogP) is 1.14. The van der Waals surface area contributed by atoms with Crippen LogP contribution in [0.3, 0.4) is 0 Å². The number of benzene rings is 1. The van der Waals surface area contributed by atoms with Gasteiger partial charge in [-0.1, -0.05) is 23.7 Å². The second kappa shape index (κ2) is 6.92. The van der Waals surface area contributed by atoms with Crippen molar-refractivity contribution in [1.29, 1.82) is 0 Å². The minimum Gasteiger partial charge on any atom is -0.377 e. The van der Waals surface area contributed by atoms with Gasteiger partial charge in [-0.15, -0.1) is 0 Å². The highest BCUT2D eigenvalue weighted by molar-refractivity contribution is 6.33. The van der Waals surface area contributed by atoms with Crippen molar-refractivity contribution in [1.82, 2.24) is 5.32 Å². The van der Waals surface area contributed by atoms with Gasteiger partial charge < -0.3 is 20.7 Å². The summed E-state index contributed by atoms with van der Waals surface area (Å²) in [5.41, 5.74) is 7.57. The Balaban J connectivity index is 2.35. The molecule has 0 bridgehead atoms. The minimum atomic E-state index is -0.367. The molecule has 0 radical (unpaired) electrons. The minimum absolute atomic E-state index is 0.0462. The number of halogens is 1. The molecule has 1 unspecified atom stereocenters. The maximum absolute atomic E-state index is 12.2. The smallest absolute Gasteiger partial charge is 0.245 e. The van der Waals surface area contributed by atoms with E-state index in [2.05, 4.69) is 5.32 Å². The standard InChI is InChI=1S/C14H20ClN3O2/c1-2-17-14(19)12-9-20-7-6-18(12)13-10(8-16)4-3-5-11(13)15/h3-5,12H,2,6-9,16H2,1H3,(H,17,19). The molecule has 0 aliphatic carbocycles. The number of amides is 1. The van der Waals surface area contributed by atoms with Gasteiger partial charge in [0, 0.05) is 19.6 Å². The number of hydrogen-bond acceptors (Lipinski definition) is 4. The molecular formula is C14H20ClN3O2. The number of anilines is 1. The Hall–Kier alpha value is -1.30. The summed E-state index contributed by atoms with van der Waals surface area (Å²) >= 11 is 6.32. The monoisotopic (exact) mass is 297 g/mol. The number of nitrogens with one attached hydrogen (secondary N) is 1. The second-order valence-corrected chi connectivity index (χ2v) is 5.04. The third-order valence-electron chi connectivity index (χ3n) is 3.36. The van der Waals surface area contributed by atoms with Gasteiger partial charge in [0.15, 0.2) is 0 Å². The van der Waals surface area contributed by atoms with Crippen LogP contribution in [0.4, 0.5) is 5.69 Å². The summed E-state index contributed by atoms with van der Waals surface area (Å²) in [7, 11) is 0. The summed E-state index contributed by atoms with van der Waals surface area (Å²) in [5, 5.41) is 3.45. The third-order valence-corrected chi connectivity index (χ3v) is 3.66. The normalized spacial score (nSPS) is 18.9. The summed E-state index contributed by atoms with van der Waals surface area (Å²) in [5.74, 6) is -0.0462. The number of para-hydroxylation sites is 1. The number of nitrogens with zero attached hydrogens (tertiary/aromatic N) is 1. The molecule has 1 saturated heterocycles. The van der Waals surface area contributed by atoms with Gasteiger partial charge in [-0.2, -0.15) is 0 Å². The number of ether oxygens (including phenoxy) is 1. The highest BCUT2D eigenvalue weighted by Gasteiger charge is 2.31. The topological polar surface area (TPSA) is 67.6 Å². The van der Waals surface area contributed by atoms with Crippen molar-refractivity contribution in [3.05, 3.63) is 28.8 Å². The Bertz CT molecular complexity index is 481. The lowest BCUT2D eigenvalue weighted by atomic mass is 10.1. The molecule has 1 fully saturated rings. The molecule has 0 saturated carbocycles. The fourth-order valence-corrected chi connectivity index (χ4v) is 2.73. The van der Waals surface area contributed by atoms with E-state index in [0.717, 1.165) is 11.3 Å². The van der Waals surface area contributed by atoms with Crippen molar-refractivity contribution >= 4 is 23.2 Å². The van der Waals surface area contributed by atoms with E-state index in [4.69, 9.17) is 22.1 Å². The van der Waals surface area contributed by atoms with E-state index < -0.39 is 0 Å². The Labute approximate surface area is 124 Å². The summed E-state index contributed by atoms with van der Waals surface area (Å²) in [6.07, 6.45) is 0. The molecule has 1 heterocycles. The first-order valence-electron chi connectivity index (χ1n) is 6.78. The fraction of sp³-hybridized carbons (Fsp3) is 0.500. The molecule has 1 aliphatic rings. The quantitative estimate of drug-likeness (QED) is 0.874. The molecule has 1 aliphatic heterocycles. The highest BCUT2D eigenvalue weighted by Crippen LogP contribution is 2.32. The Kier molecular flexibility index (Phi) is 5.23. The van der Waals surface area contributed by atoms with Crippen LogP contribution in [0.25, 0.3) is 0 Å². The van der Waals surface area contributed by atoms with Crippen LogP contribution in [0.2, 0.25) is 5.02 Å². The SMILES string of the molecule is CCNC(=O)C1COCCN1c1c(Cl)cccc1CN. The summed E-state index contributed by atoms with van der Waals surface area (Å²) in [6, 6.07) is 5.26. The molecule has 20 heavy (non-hydrogen) atoms. The lowest BCUT2D eigenvalue weighted by Gasteiger charge is -2.37. The van der Waals surface area contributed by atoms with E-state index in [1.807, 2.05) is 30.0 Å². The average Bonchev–Trinajstić information content (AvgIpc) is 2.47. The Morgan fingerprint density at radius 2 is 2.40 bits per heavy atom. The second-order valence-electron chi connectivity index (χ2n) is 4.63. The lowest BCUT2D eigenvalue weighted by Crippen LogP contribution is -2.54. The van der Waals surface area contributed by atoms with E-state index in [9.17, 15) is 4.79 Å². The summed E-state index contributed by atoms with van der Waals surface area (Å²) in [6.45, 7) is 4.43. The largest absolute Gasteiger partial charge is 0.377 e. The van der Waals surface area contributed by atoms with Crippen LogP contribution in [0.1, 0.15) is 12.5 Å². The van der Waals surface area contributed by atoms with Crippen LogP contribution in [0.15, 0.2) is 18.2 Å². The molecular weight excluding hydrogens is 278 g/mol. The Morgan fingerprint density at radius 1 is 1.60 bits per heavy atom. The summed E-state index contributed by atoms with van der Waals surface area (Å²) in [4.78, 5) is 14.2. The molecule has 110 valence electrons. The van der Waals surface area contributed by atoms with Crippen molar-refractivity contribution in [2.24, 2.45) is 5.73 Å². The number of rotatable bonds is 4. The van der Waals surface area contributed by atoms with Crippen molar-refractivity contribution in [3.8, 4) is 0 Å². The van der Waals surface area contributed by atoms with Gasteiger partial charge in [-0.3, -0.25) is 4.79 Å². The van der Waals surface area contributed by atoms with Crippen molar-refractivity contribution < 1.29 is 9.53 Å². The number of carbonyl (C=O) groups is 1. The van der Waals surface area contributed by atoms with Crippen LogP contribution < -0.4 is 16.0 Å². The average molecular weight is 298 g/mol. The summed E-state index contributed by atoms with van der Waals surface area (Å²) < 4.78 is 5.44. The Morgan fingerprint density at radius 3 is 3.10 bits per heavy atom. The van der Waals surface area contributed by atoms with Crippen molar-refractivity contribution in [3.63, 3.8) is 0 Å². The van der Waals surface area contributed by atoms with Crippen LogP contribution >= 0.6 is 11.6 Å². The zero-order valence-corrected chi connectivity index (χ0v) is 12.3. The van der Waals surface area contributed by atoms with Crippen LogP contribution in [0, 0.1) is 0 Å². The van der Waals surface area contributed by atoms with Gasteiger partial charge in [-0.25, -0.2) is 0 Å². The van der Waals surface area contributed by atoms with Crippen LogP contribution in [0.5, 0.6) is 0 Å².